The number of thioether (sulfide) groups is 1. The molecule has 116 valence electrons. The van der Waals surface area contributed by atoms with E-state index in [1.54, 1.807) is 14.0 Å². The predicted octanol–water partition coefficient (Wildman–Crippen LogP) is 2.22. The number of likely N-dealkylation sites (N-methyl/N-ethyl adjacent to an activating group) is 1. The molecule has 0 aliphatic rings. The Bertz CT molecular complexity index is 713. The number of amides is 1. The normalized spacial score (nSPS) is 12.0. The van der Waals surface area contributed by atoms with Gasteiger partial charge in [-0.2, -0.15) is 0 Å². The van der Waals surface area contributed by atoms with E-state index >= 15 is 0 Å². The molecule has 6 heteroatoms. The smallest absolute Gasteiger partial charge is 0.255 e. The van der Waals surface area contributed by atoms with E-state index in [0.717, 1.165) is 0 Å². The Hall–Kier alpha value is -2.08. The predicted molar refractivity (Wildman–Crippen MR) is 88.1 cm³/mol. The Labute approximate surface area is 133 Å². The molecular weight excluding hydrogens is 298 g/mol. The number of nitrogens with zero attached hydrogens (tertiary/aromatic N) is 1. The van der Waals surface area contributed by atoms with Gasteiger partial charge in [0.1, 0.15) is 0 Å². The lowest BCUT2D eigenvalue weighted by molar-refractivity contribution is -0.119. The van der Waals surface area contributed by atoms with Gasteiger partial charge >= 0.3 is 0 Å². The maximum absolute atomic E-state index is 12.1. The van der Waals surface area contributed by atoms with Crippen LogP contribution in [-0.2, 0) is 11.2 Å². The summed E-state index contributed by atoms with van der Waals surface area (Å²) in [5, 5.41) is 3.26. The highest BCUT2D eigenvalue weighted by Gasteiger charge is 2.14. The molecule has 2 N–H and O–H groups in total. The van der Waals surface area contributed by atoms with Gasteiger partial charge in [-0.15, -0.1) is 0 Å². The maximum Gasteiger partial charge on any atom is 0.255 e. The van der Waals surface area contributed by atoms with E-state index in [0.29, 0.717) is 16.4 Å². The Morgan fingerprint density at radius 2 is 2.05 bits per heavy atom. The molecule has 1 unspecified atom stereocenters. The first-order chi connectivity index (χ1) is 10.5. The fraction of sp³-hybridized carbons (Fsp3) is 0.312. The number of benzene rings is 1. The minimum atomic E-state index is -0.251. The molecule has 22 heavy (non-hydrogen) atoms. The van der Waals surface area contributed by atoms with Gasteiger partial charge in [0, 0.05) is 23.6 Å². The highest BCUT2D eigenvalue weighted by Crippen LogP contribution is 2.32. The maximum atomic E-state index is 12.1. The van der Waals surface area contributed by atoms with Gasteiger partial charge in [-0.1, -0.05) is 42.1 Å². The molecule has 0 radical (unpaired) electrons. The number of H-pyrrole nitrogens is 1. The first-order valence-corrected chi connectivity index (χ1v) is 7.91. The van der Waals surface area contributed by atoms with Crippen LogP contribution in [0.25, 0.3) is 0 Å². The van der Waals surface area contributed by atoms with Gasteiger partial charge in [-0.25, -0.2) is 4.98 Å². The summed E-state index contributed by atoms with van der Waals surface area (Å²) in [5.74, 6) is -0.201. The van der Waals surface area contributed by atoms with Crippen LogP contribution in [0.15, 0.2) is 40.3 Å². The highest BCUT2D eigenvalue weighted by molar-refractivity contribution is 7.99. The van der Waals surface area contributed by atoms with Gasteiger partial charge in [0.15, 0.2) is 5.16 Å². The first kappa shape index (κ1) is 16.3. The molecular formula is C16H19N3O2S. The number of aryl methyl sites for hydroxylation is 1. The summed E-state index contributed by atoms with van der Waals surface area (Å²) < 4.78 is 0. The summed E-state index contributed by atoms with van der Waals surface area (Å²) >= 11 is 1.49. The molecule has 1 amide bonds. The molecule has 0 bridgehead atoms. The molecule has 1 aromatic heterocycles. The number of rotatable bonds is 5. The van der Waals surface area contributed by atoms with Gasteiger partial charge in [-0.05, 0) is 19.4 Å². The van der Waals surface area contributed by atoms with E-state index in [-0.39, 0.29) is 23.1 Å². The average molecular weight is 317 g/mol. The van der Waals surface area contributed by atoms with Crippen LogP contribution in [-0.4, -0.2) is 22.9 Å². The molecule has 0 spiro atoms. The highest BCUT2D eigenvalue weighted by atomic mass is 32.2. The van der Waals surface area contributed by atoms with E-state index in [1.807, 2.05) is 30.3 Å². The molecule has 0 aliphatic heterocycles. The zero-order valence-electron chi connectivity index (χ0n) is 12.8. The first-order valence-electron chi connectivity index (χ1n) is 7.03. The van der Waals surface area contributed by atoms with Crippen LogP contribution in [0, 0.1) is 6.92 Å². The zero-order valence-corrected chi connectivity index (χ0v) is 13.7. The minimum absolute atomic E-state index is 0.0455. The number of aromatic amines is 1. The largest absolute Gasteiger partial charge is 0.359 e. The SMILES string of the molecule is CNC(=O)Cc1c(C)nc(SC(C)c2ccccc2)[nH]c1=O. The number of nitrogens with one attached hydrogen (secondary N) is 2. The number of aromatic nitrogens is 2. The summed E-state index contributed by atoms with van der Waals surface area (Å²) in [5.41, 5.74) is 1.92. The van der Waals surface area contributed by atoms with Crippen LogP contribution in [0.2, 0.25) is 0 Å². The van der Waals surface area contributed by atoms with Crippen LogP contribution in [0.3, 0.4) is 0 Å². The summed E-state index contributed by atoms with van der Waals surface area (Å²) in [7, 11) is 1.55. The van der Waals surface area contributed by atoms with Crippen molar-refractivity contribution in [1.29, 1.82) is 0 Å². The van der Waals surface area contributed by atoms with Crippen LogP contribution in [0.4, 0.5) is 0 Å². The van der Waals surface area contributed by atoms with Crippen molar-refractivity contribution in [1.82, 2.24) is 15.3 Å². The van der Waals surface area contributed by atoms with E-state index in [9.17, 15) is 9.59 Å². The van der Waals surface area contributed by atoms with Crippen LogP contribution >= 0.6 is 11.8 Å². The molecule has 2 rings (SSSR count). The standard InChI is InChI=1S/C16H19N3O2S/c1-10-13(9-14(20)17-3)15(21)19-16(18-10)22-11(2)12-7-5-4-6-8-12/h4-8,11H,9H2,1-3H3,(H,17,20)(H,18,19,21). The summed E-state index contributed by atoms with van der Waals surface area (Å²) in [6.07, 6.45) is 0.0455. The molecule has 2 aromatic rings. The number of hydrogen-bond donors (Lipinski definition) is 2. The van der Waals surface area contributed by atoms with Crippen LogP contribution in [0.1, 0.15) is 29.0 Å². The van der Waals surface area contributed by atoms with Crippen molar-refractivity contribution >= 4 is 17.7 Å². The lowest BCUT2D eigenvalue weighted by Crippen LogP contribution is -2.26. The summed E-state index contributed by atoms with van der Waals surface area (Å²) in [4.78, 5) is 30.8. The summed E-state index contributed by atoms with van der Waals surface area (Å²) in [6.45, 7) is 3.82. The van der Waals surface area contributed by atoms with Crippen molar-refractivity contribution in [3.05, 3.63) is 57.5 Å². The number of carbonyl (C=O) groups is 1. The molecule has 0 saturated heterocycles. The Balaban J connectivity index is 2.20. The van der Waals surface area contributed by atoms with Gasteiger partial charge in [0.05, 0.1) is 6.42 Å². The van der Waals surface area contributed by atoms with Crippen molar-refractivity contribution < 1.29 is 4.79 Å². The van der Waals surface area contributed by atoms with Crippen molar-refractivity contribution in [3.8, 4) is 0 Å². The van der Waals surface area contributed by atoms with Crippen molar-refractivity contribution in [2.75, 3.05) is 7.05 Å². The molecule has 1 atom stereocenters. The third-order valence-electron chi connectivity index (χ3n) is 3.37. The van der Waals surface area contributed by atoms with Crippen LogP contribution in [0.5, 0.6) is 0 Å². The third kappa shape index (κ3) is 3.98. The Kier molecular flexibility index (Phi) is 5.38. The molecule has 1 heterocycles. The van der Waals surface area contributed by atoms with Crippen molar-refractivity contribution in [2.45, 2.75) is 30.7 Å². The van der Waals surface area contributed by atoms with E-state index < -0.39 is 0 Å². The quantitative estimate of drug-likeness (QED) is 0.655. The minimum Gasteiger partial charge on any atom is -0.359 e. The second kappa shape index (κ2) is 7.26. The average Bonchev–Trinajstić information content (AvgIpc) is 2.51. The fourth-order valence-electron chi connectivity index (χ4n) is 2.06. The van der Waals surface area contributed by atoms with Crippen molar-refractivity contribution in [3.63, 3.8) is 0 Å². The number of hydrogen-bond acceptors (Lipinski definition) is 4. The van der Waals surface area contributed by atoms with Gasteiger partial charge in [0.25, 0.3) is 5.56 Å². The molecule has 5 nitrogen and oxygen atoms in total. The monoisotopic (exact) mass is 317 g/mol. The molecule has 0 saturated carbocycles. The van der Waals surface area contributed by atoms with E-state index in [1.165, 1.54) is 17.3 Å². The third-order valence-corrected chi connectivity index (χ3v) is 4.42. The van der Waals surface area contributed by atoms with Gasteiger partial charge in [-0.3, -0.25) is 9.59 Å². The molecule has 0 aliphatic carbocycles. The fourth-order valence-corrected chi connectivity index (χ4v) is 3.03. The molecule has 0 fully saturated rings. The van der Waals surface area contributed by atoms with Gasteiger partial charge in [0.2, 0.25) is 5.91 Å². The van der Waals surface area contributed by atoms with Crippen molar-refractivity contribution in [2.24, 2.45) is 0 Å². The second-order valence-electron chi connectivity index (χ2n) is 4.96. The molecule has 1 aromatic carbocycles. The second-order valence-corrected chi connectivity index (χ2v) is 6.29. The number of carbonyl (C=O) groups excluding carboxylic acids is 1. The Morgan fingerprint density at radius 1 is 1.36 bits per heavy atom. The lowest BCUT2D eigenvalue weighted by Gasteiger charge is -2.12. The van der Waals surface area contributed by atoms with E-state index in [4.69, 9.17) is 0 Å². The topological polar surface area (TPSA) is 74.8 Å². The lowest BCUT2D eigenvalue weighted by atomic mass is 10.1. The van der Waals surface area contributed by atoms with Gasteiger partial charge < -0.3 is 10.3 Å². The van der Waals surface area contributed by atoms with Crippen LogP contribution < -0.4 is 10.9 Å². The Morgan fingerprint density at radius 3 is 2.64 bits per heavy atom. The summed E-state index contributed by atoms with van der Waals surface area (Å²) in [6, 6.07) is 10.0. The van der Waals surface area contributed by atoms with E-state index in [2.05, 4.69) is 22.2 Å². The zero-order chi connectivity index (χ0) is 16.1.